The second kappa shape index (κ2) is 3.17. The predicted molar refractivity (Wildman–Crippen MR) is 46.6 cm³/mol. The van der Waals surface area contributed by atoms with E-state index in [1.807, 2.05) is 0 Å². The van der Waals surface area contributed by atoms with Crippen LogP contribution in [0.5, 0.6) is 0 Å². The summed E-state index contributed by atoms with van der Waals surface area (Å²) >= 11 is 0. The molecular formula is C9H8NO2. The summed E-state index contributed by atoms with van der Waals surface area (Å²) in [5, 5.41) is 10.5. The second-order valence-corrected chi connectivity index (χ2v) is 2.48. The van der Waals surface area contributed by atoms with E-state index in [2.05, 4.69) is 12.6 Å². The van der Waals surface area contributed by atoms with E-state index in [9.17, 15) is 10.1 Å². The highest BCUT2D eigenvalue weighted by molar-refractivity contribution is 5.69. The number of nitrogens with zero attached hydrogens (tertiary/aromatic N) is 1. The van der Waals surface area contributed by atoms with Crippen LogP contribution in [0.15, 0.2) is 24.8 Å². The molecule has 3 nitrogen and oxygen atoms in total. The molecule has 12 heavy (non-hydrogen) atoms. The molecule has 0 N–H and O–H groups in total. The Balaban J connectivity index is 3.27. The smallest absolute Gasteiger partial charge is 0.258 e. The van der Waals surface area contributed by atoms with Crippen molar-refractivity contribution in [3.8, 4) is 0 Å². The zero-order chi connectivity index (χ0) is 9.14. The van der Waals surface area contributed by atoms with Crippen molar-refractivity contribution in [2.24, 2.45) is 0 Å². The van der Waals surface area contributed by atoms with Gasteiger partial charge in [0.2, 0.25) is 0 Å². The Kier molecular flexibility index (Phi) is 2.24. The third-order valence-electron chi connectivity index (χ3n) is 1.50. The highest BCUT2D eigenvalue weighted by atomic mass is 16.6. The van der Waals surface area contributed by atoms with Gasteiger partial charge in [-0.2, -0.15) is 0 Å². The Morgan fingerprint density at radius 1 is 1.75 bits per heavy atom. The van der Waals surface area contributed by atoms with E-state index in [-0.39, 0.29) is 5.69 Å². The van der Waals surface area contributed by atoms with Gasteiger partial charge in [0.15, 0.2) is 0 Å². The summed E-state index contributed by atoms with van der Waals surface area (Å²) in [6.07, 6.45) is 0. The molecule has 0 atom stereocenters. The quantitative estimate of drug-likeness (QED) is 0.495. The summed E-state index contributed by atoms with van der Waals surface area (Å²) in [7, 11) is 0. The Morgan fingerprint density at radius 2 is 2.42 bits per heavy atom. The molecule has 3 heteroatoms. The molecule has 0 saturated heterocycles. The molecule has 0 spiro atoms. The van der Waals surface area contributed by atoms with Crippen LogP contribution in [0.25, 0.3) is 5.57 Å². The molecule has 0 unspecified atom stereocenters. The van der Waals surface area contributed by atoms with E-state index in [0.29, 0.717) is 11.1 Å². The number of allylic oxidation sites excluding steroid dienone is 1. The molecule has 0 fully saturated rings. The number of nitro groups is 1. The fourth-order valence-corrected chi connectivity index (χ4v) is 0.934. The van der Waals surface area contributed by atoms with Gasteiger partial charge >= 0.3 is 0 Å². The van der Waals surface area contributed by atoms with Crippen LogP contribution in [-0.2, 0) is 0 Å². The lowest BCUT2D eigenvalue weighted by molar-refractivity contribution is -0.385. The average molecular weight is 162 g/mol. The van der Waals surface area contributed by atoms with Gasteiger partial charge in [0.1, 0.15) is 0 Å². The lowest BCUT2D eigenvalue weighted by Gasteiger charge is -1.99. The third kappa shape index (κ3) is 1.50. The first-order valence-electron chi connectivity index (χ1n) is 3.43. The highest BCUT2D eigenvalue weighted by Gasteiger charge is 2.11. The van der Waals surface area contributed by atoms with Gasteiger partial charge in [-0.05, 0) is 24.6 Å². The molecule has 0 aliphatic heterocycles. The minimum absolute atomic E-state index is 0.0602. The average Bonchev–Trinajstić information content (AvgIpc) is 2.04. The number of nitro benzene ring substituents is 1. The van der Waals surface area contributed by atoms with Gasteiger partial charge in [0.05, 0.1) is 10.5 Å². The molecule has 0 saturated carbocycles. The minimum Gasteiger partial charge on any atom is -0.258 e. The van der Waals surface area contributed by atoms with Crippen LogP contribution in [-0.4, -0.2) is 4.92 Å². The van der Waals surface area contributed by atoms with Gasteiger partial charge < -0.3 is 0 Å². The number of hydrogen-bond acceptors (Lipinski definition) is 2. The summed E-state index contributed by atoms with van der Waals surface area (Å²) in [5.74, 6) is 0. The van der Waals surface area contributed by atoms with Crippen LogP contribution in [0.3, 0.4) is 0 Å². The molecule has 1 radical (unpaired) electrons. The van der Waals surface area contributed by atoms with Crippen molar-refractivity contribution in [1.82, 2.24) is 0 Å². The predicted octanol–water partition coefficient (Wildman–Crippen LogP) is 2.43. The zero-order valence-electron chi connectivity index (χ0n) is 6.70. The van der Waals surface area contributed by atoms with Crippen LogP contribution in [0.2, 0.25) is 0 Å². The van der Waals surface area contributed by atoms with Crippen molar-refractivity contribution in [1.29, 1.82) is 0 Å². The van der Waals surface area contributed by atoms with Crippen molar-refractivity contribution in [2.45, 2.75) is 6.92 Å². The van der Waals surface area contributed by atoms with E-state index in [1.54, 1.807) is 19.1 Å². The normalized spacial score (nSPS) is 9.42. The highest BCUT2D eigenvalue weighted by Crippen LogP contribution is 2.23. The molecule has 0 amide bonds. The van der Waals surface area contributed by atoms with Gasteiger partial charge in [-0.25, -0.2) is 0 Å². The second-order valence-electron chi connectivity index (χ2n) is 2.48. The van der Waals surface area contributed by atoms with Gasteiger partial charge in [0.25, 0.3) is 5.69 Å². The minimum atomic E-state index is -0.430. The Hall–Kier alpha value is -1.64. The van der Waals surface area contributed by atoms with Crippen molar-refractivity contribution < 1.29 is 4.92 Å². The van der Waals surface area contributed by atoms with Crippen LogP contribution >= 0.6 is 0 Å². The Labute approximate surface area is 70.5 Å². The largest absolute Gasteiger partial charge is 0.277 e. The van der Waals surface area contributed by atoms with Crippen LogP contribution in [0.4, 0.5) is 5.69 Å². The molecule has 0 aliphatic carbocycles. The van der Waals surface area contributed by atoms with E-state index in [1.165, 1.54) is 6.07 Å². The third-order valence-corrected chi connectivity index (χ3v) is 1.50. The lowest BCUT2D eigenvalue weighted by atomic mass is 10.1. The molecule has 0 heterocycles. The first-order valence-corrected chi connectivity index (χ1v) is 3.43. The summed E-state index contributed by atoms with van der Waals surface area (Å²) in [6, 6.07) is 7.28. The maximum Gasteiger partial charge on any atom is 0.277 e. The van der Waals surface area contributed by atoms with Crippen molar-refractivity contribution in [2.75, 3.05) is 0 Å². The molecule has 1 aromatic rings. The summed E-state index contributed by atoms with van der Waals surface area (Å²) in [5.41, 5.74) is 1.32. The molecule has 0 aliphatic rings. The zero-order valence-corrected chi connectivity index (χ0v) is 6.70. The molecule has 61 valence electrons. The van der Waals surface area contributed by atoms with Crippen LogP contribution in [0.1, 0.15) is 12.5 Å². The van der Waals surface area contributed by atoms with Gasteiger partial charge in [0, 0.05) is 6.07 Å². The molecular weight excluding hydrogens is 154 g/mol. The molecule has 0 bridgehead atoms. The van der Waals surface area contributed by atoms with E-state index in [4.69, 9.17) is 0 Å². The van der Waals surface area contributed by atoms with Crippen LogP contribution in [0, 0.1) is 16.2 Å². The summed E-state index contributed by atoms with van der Waals surface area (Å²) < 4.78 is 0. The first kappa shape index (κ1) is 8.46. The van der Waals surface area contributed by atoms with E-state index in [0.717, 1.165) is 0 Å². The number of rotatable bonds is 2. The monoisotopic (exact) mass is 162 g/mol. The first-order chi connectivity index (χ1) is 5.63. The lowest BCUT2D eigenvalue weighted by Crippen LogP contribution is -1.92. The maximum absolute atomic E-state index is 10.5. The van der Waals surface area contributed by atoms with Crippen molar-refractivity contribution in [3.63, 3.8) is 0 Å². The molecule has 0 aromatic heterocycles. The SMILES string of the molecule is C=C(C)c1cc[c]cc1[N+](=O)[O-]. The molecule has 1 aromatic carbocycles. The topological polar surface area (TPSA) is 43.1 Å². The fraction of sp³-hybridized carbons (Fsp3) is 0.111. The Bertz CT molecular complexity index is 298. The van der Waals surface area contributed by atoms with Gasteiger partial charge in [-0.15, -0.1) is 0 Å². The summed E-state index contributed by atoms with van der Waals surface area (Å²) in [6.45, 7) is 5.39. The van der Waals surface area contributed by atoms with E-state index < -0.39 is 4.92 Å². The number of hydrogen-bond donors (Lipinski definition) is 0. The van der Waals surface area contributed by atoms with Gasteiger partial charge in [-0.3, -0.25) is 10.1 Å². The molecule has 1 rings (SSSR count). The summed E-state index contributed by atoms with van der Waals surface area (Å²) in [4.78, 5) is 10.0. The van der Waals surface area contributed by atoms with Crippen molar-refractivity contribution in [3.05, 3.63) is 46.5 Å². The Morgan fingerprint density at radius 3 is 2.83 bits per heavy atom. The van der Waals surface area contributed by atoms with Crippen molar-refractivity contribution >= 4 is 11.3 Å². The standard InChI is InChI=1S/C9H8NO2/c1-7(2)8-5-3-4-6-9(8)10(11)12/h3,5-6H,1H2,2H3. The maximum atomic E-state index is 10.5. The number of benzene rings is 1. The van der Waals surface area contributed by atoms with Gasteiger partial charge in [-0.1, -0.05) is 12.6 Å². The van der Waals surface area contributed by atoms with Crippen LogP contribution < -0.4 is 0 Å². The van der Waals surface area contributed by atoms with E-state index >= 15 is 0 Å². The fourth-order valence-electron chi connectivity index (χ4n) is 0.934.